The van der Waals surface area contributed by atoms with Crippen molar-refractivity contribution in [2.75, 3.05) is 20.1 Å². The van der Waals surface area contributed by atoms with Gasteiger partial charge in [-0.2, -0.15) is 0 Å². The van der Waals surface area contributed by atoms with Crippen molar-refractivity contribution in [1.82, 2.24) is 5.32 Å². The summed E-state index contributed by atoms with van der Waals surface area (Å²) in [6.45, 7) is 3.41. The van der Waals surface area contributed by atoms with Gasteiger partial charge in [0.05, 0.1) is 6.10 Å². The molecule has 0 aliphatic carbocycles. The topological polar surface area (TPSA) is 78.5 Å². The third-order valence-electron chi connectivity index (χ3n) is 3.70. The molecule has 4 nitrogen and oxygen atoms in total. The molecule has 2 atom stereocenters. The maximum absolute atomic E-state index is 9.47. The van der Waals surface area contributed by atoms with Gasteiger partial charge in [0.15, 0.2) is 0 Å². The second-order valence-electron chi connectivity index (χ2n) is 5.42. The molecule has 5 N–H and O–H groups in total. The van der Waals surface area contributed by atoms with Crippen LogP contribution in [-0.2, 0) is 0 Å². The molecule has 23 heavy (non-hydrogen) atoms. The van der Waals surface area contributed by atoms with Gasteiger partial charge in [-0.3, -0.25) is 0 Å². The fraction of sp³-hybridized carbons (Fsp3) is 0.368. The van der Waals surface area contributed by atoms with E-state index in [-0.39, 0.29) is 5.75 Å². The van der Waals surface area contributed by atoms with Gasteiger partial charge in [0, 0.05) is 6.54 Å². The first-order valence-electron chi connectivity index (χ1n) is 7.98. The van der Waals surface area contributed by atoms with E-state index >= 15 is 0 Å². The van der Waals surface area contributed by atoms with E-state index < -0.39 is 6.10 Å². The fourth-order valence-corrected chi connectivity index (χ4v) is 2.31. The van der Waals surface area contributed by atoms with Crippen LogP contribution in [0.3, 0.4) is 0 Å². The molecular weight excluding hydrogens is 288 g/mol. The number of nitrogens with one attached hydrogen (secondary N) is 1. The molecule has 0 heterocycles. The Morgan fingerprint density at radius 2 is 1.70 bits per heavy atom. The molecule has 0 aliphatic heterocycles. The van der Waals surface area contributed by atoms with Crippen molar-refractivity contribution in [3.05, 3.63) is 65.7 Å². The van der Waals surface area contributed by atoms with Crippen LogP contribution in [-0.4, -0.2) is 30.4 Å². The summed E-state index contributed by atoms with van der Waals surface area (Å²) in [5.41, 5.74) is 7.70. The summed E-state index contributed by atoms with van der Waals surface area (Å²) in [6, 6.07) is 17.1. The minimum absolute atomic E-state index is 0.183. The Bertz CT molecular complexity index is 542. The molecule has 0 aromatic heterocycles. The van der Waals surface area contributed by atoms with Crippen LogP contribution in [0.4, 0.5) is 0 Å². The lowest BCUT2D eigenvalue weighted by Gasteiger charge is -2.11. The van der Waals surface area contributed by atoms with Gasteiger partial charge in [-0.15, -0.1) is 0 Å². The van der Waals surface area contributed by atoms with Crippen LogP contribution in [0.25, 0.3) is 0 Å². The van der Waals surface area contributed by atoms with Crippen LogP contribution < -0.4 is 11.1 Å². The zero-order valence-electron chi connectivity index (χ0n) is 13.9. The van der Waals surface area contributed by atoms with E-state index in [1.165, 1.54) is 5.56 Å². The van der Waals surface area contributed by atoms with Crippen LogP contribution >= 0.6 is 0 Å². The molecule has 0 amide bonds. The molecule has 2 aromatic carbocycles. The summed E-state index contributed by atoms with van der Waals surface area (Å²) in [6.07, 6.45) is 0.572. The third kappa shape index (κ3) is 6.82. The Balaban J connectivity index is 0.000000231. The zero-order valence-corrected chi connectivity index (χ0v) is 13.9. The Hall–Kier alpha value is -1.88. The minimum atomic E-state index is -0.554. The Morgan fingerprint density at radius 1 is 1.04 bits per heavy atom. The van der Waals surface area contributed by atoms with Crippen LogP contribution in [0, 0.1) is 0 Å². The molecule has 0 saturated heterocycles. The summed E-state index contributed by atoms with van der Waals surface area (Å²) in [4.78, 5) is 0. The average Bonchev–Trinajstić information content (AvgIpc) is 2.58. The van der Waals surface area contributed by atoms with Crippen LogP contribution in [0.1, 0.15) is 36.5 Å². The molecule has 4 heteroatoms. The highest BCUT2D eigenvalue weighted by Crippen LogP contribution is 2.17. The van der Waals surface area contributed by atoms with Gasteiger partial charge in [-0.1, -0.05) is 49.4 Å². The second-order valence-corrected chi connectivity index (χ2v) is 5.42. The lowest BCUT2D eigenvalue weighted by Crippen LogP contribution is -2.16. The van der Waals surface area contributed by atoms with Gasteiger partial charge in [-0.25, -0.2) is 0 Å². The minimum Gasteiger partial charge on any atom is -0.508 e. The summed E-state index contributed by atoms with van der Waals surface area (Å²) in [5.74, 6) is 0.721. The number of aliphatic hydroxyl groups is 1. The number of likely N-dealkylation sites (N-methyl/N-ethyl adjacent to an activating group) is 1. The first kappa shape index (κ1) is 19.2. The molecular formula is C19H28N2O2. The molecule has 0 bridgehead atoms. The first-order chi connectivity index (χ1) is 11.1. The van der Waals surface area contributed by atoms with Gasteiger partial charge in [0.2, 0.25) is 0 Å². The van der Waals surface area contributed by atoms with E-state index in [0.29, 0.717) is 12.5 Å². The van der Waals surface area contributed by atoms with E-state index in [0.717, 1.165) is 18.5 Å². The number of hydrogen-bond acceptors (Lipinski definition) is 4. The average molecular weight is 316 g/mol. The number of phenolic OH excluding ortho intramolecular Hbond substituents is 1. The number of hydrogen-bond donors (Lipinski definition) is 4. The highest BCUT2D eigenvalue weighted by atomic mass is 16.3. The molecule has 2 rings (SSSR count). The van der Waals surface area contributed by atoms with Crippen LogP contribution in [0.5, 0.6) is 5.75 Å². The fourth-order valence-electron chi connectivity index (χ4n) is 2.31. The van der Waals surface area contributed by atoms with Crippen molar-refractivity contribution in [3.8, 4) is 5.75 Å². The van der Waals surface area contributed by atoms with Crippen molar-refractivity contribution in [2.45, 2.75) is 25.4 Å². The van der Waals surface area contributed by atoms with Crippen molar-refractivity contribution < 1.29 is 10.2 Å². The van der Waals surface area contributed by atoms with E-state index in [2.05, 4.69) is 36.5 Å². The third-order valence-corrected chi connectivity index (χ3v) is 3.70. The predicted octanol–water partition coefficient (Wildman–Crippen LogP) is 2.78. The SMILES string of the molecule is CCC(CN)c1ccccc1.CNC[C@H](O)c1cccc(O)c1. The molecule has 0 fully saturated rings. The van der Waals surface area contributed by atoms with Crippen molar-refractivity contribution in [2.24, 2.45) is 5.73 Å². The Morgan fingerprint density at radius 3 is 2.22 bits per heavy atom. The molecule has 1 unspecified atom stereocenters. The quantitative estimate of drug-likeness (QED) is 0.661. The largest absolute Gasteiger partial charge is 0.508 e. The maximum atomic E-state index is 9.47. The zero-order chi connectivity index (χ0) is 17.1. The lowest BCUT2D eigenvalue weighted by molar-refractivity contribution is 0.177. The number of benzene rings is 2. The summed E-state index contributed by atoms with van der Waals surface area (Å²) >= 11 is 0. The lowest BCUT2D eigenvalue weighted by atomic mass is 9.97. The van der Waals surface area contributed by atoms with Gasteiger partial charge in [0.25, 0.3) is 0 Å². The van der Waals surface area contributed by atoms with Gasteiger partial charge in [-0.05, 0) is 49.2 Å². The van der Waals surface area contributed by atoms with E-state index in [1.54, 1.807) is 31.3 Å². The molecule has 2 aromatic rings. The monoisotopic (exact) mass is 316 g/mol. The molecule has 0 radical (unpaired) electrons. The van der Waals surface area contributed by atoms with Crippen LogP contribution in [0.15, 0.2) is 54.6 Å². The Kier molecular flexibility index (Phi) is 8.98. The summed E-state index contributed by atoms with van der Waals surface area (Å²) in [5, 5.41) is 21.4. The highest BCUT2D eigenvalue weighted by molar-refractivity contribution is 5.28. The van der Waals surface area contributed by atoms with Gasteiger partial charge in [0.1, 0.15) is 5.75 Å². The number of nitrogens with two attached hydrogens (primary N) is 1. The van der Waals surface area contributed by atoms with Gasteiger partial charge < -0.3 is 21.3 Å². The number of rotatable bonds is 6. The van der Waals surface area contributed by atoms with Gasteiger partial charge >= 0.3 is 0 Å². The van der Waals surface area contributed by atoms with Crippen molar-refractivity contribution in [1.29, 1.82) is 0 Å². The second kappa shape index (κ2) is 10.8. The van der Waals surface area contributed by atoms with E-state index in [1.807, 2.05) is 6.07 Å². The highest BCUT2D eigenvalue weighted by Gasteiger charge is 2.05. The van der Waals surface area contributed by atoms with E-state index in [4.69, 9.17) is 10.8 Å². The first-order valence-corrected chi connectivity index (χ1v) is 7.98. The van der Waals surface area contributed by atoms with E-state index in [9.17, 15) is 5.11 Å². The molecule has 0 saturated carbocycles. The summed E-state index contributed by atoms with van der Waals surface area (Å²) in [7, 11) is 1.77. The number of phenols is 1. The number of aromatic hydroxyl groups is 1. The maximum Gasteiger partial charge on any atom is 0.115 e. The molecule has 126 valence electrons. The molecule has 0 spiro atoms. The standard InChI is InChI=1S/C10H15N.C9H13NO2/c1-2-9(8-11)10-6-4-3-5-7-10;1-10-6-9(12)7-3-2-4-8(11)5-7/h3-7,9H,2,8,11H2,1H3;2-5,9-12H,6H2,1H3/t;9-/m.0/s1. The normalized spacial score (nSPS) is 12.9. The number of aliphatic hydroxyl groups excluding tert-OH is 1. The molecule has 0 aliphatic rings. The Labute approximate surface area is 139 Å². The van der Waals surface area contributed by atoms with Crippen molar-refractivity contribution >= 4 is 0 Å². The predicted molar refractivity (Wildman–Crippen MR) is 95.5 cm³/mol. The summed E-state index contributed by atoms with van der Waals surface area (Å²) < 4.78 is 0. The smallest absolute Gasteiger partial charge is 0.115 e. The van der Waals surface area contributed by atoms with Crippen LogP contribution in [0.2, 0.25) is 0 Å². The van der Waals surface area contributed by atoms with Crippen molar-refractivity contribution in [3.63, 3.8) is 0 Å².